The predicted molar refractivity (Wildman–Crippen MR) is 97.0 cm³/mol. The van der Waals surface area contributed by atoms with Crippen molar-refractivity contribution in [2.24, 2.45) is 5.92 Å². The standard InChI is InChI=1S/C19H31N3O2/c1-15-8-12-22(13-9-15)11-5-10-20-19(24)21-14-18(23)17-7-4-3-6-16(17)2/h3-4,6-7,15,18,23H,5,8-14H2,1-2H3,(H2,20,21,24). The van der Waals surface area contributed by atoms with Gasteiger partial charge >= 0.3 is 6.03 Å². The summed E-state index contributed by atoms with van der Waals surface area (Å²) in [6.07, 6.45) is 2.85. The van der Waals surface area contributed by atoms with Gasteiger partial charge in [-0.2, -0.15) is 0 Å². The molecule has 2 amide bonds. The Labute approximate surface area is 145 Å². The fourth-order valence-electron chi connectivity index (χ4n) is 3.11. The SMILES string of the molecule is Cc1ccccc1C(O)CNC(=O)NCCCN1CCC(C)CC1. The number of aliphatic hydroxyl groups excluding tert-OH is 1. The lowest BCUT2D eigenvalue weighted by atomic mass is 9.99. The molecule has 134 valence electrons. The number of benzene rings is 1. The minimum absolute atomic E-state index is 0.213. The lowest BCUT2D eigenvalue weighted by Crippen LogP contribution is -2.40. The Morgan fingerprint density at radius 2 is 2.00 bits per heavy atom. The van der Waals surface area contributed by atoms with Crippen molar-refractivity contribution in [1.29, 1.82) is 0 Å². The summed E-state index contributed by atoms with van der Waals surface area (Å²) in [6, 6.07) is 7.47. The van der Waals surface area contributed by atoms with Gasteiger partial charge in [-0.1, -0.05) is 31.2 Å². The Balaban J connectivity index is 1.57. The number of aryl methyl sites for hydroxylation is 1. The Hall–Kier alpha value is -1.59. The van der Waals surface area contributed by atoms with E-state index in [1.165, 1.54) is 25.9 Å². The number of urea groups is 1. The Morgan fingerprint density at radius 1 is 1.29 bits per heavy atom. The van der Waals surface area contributed by atoms with Crippen molar-refractivity contribution in [2.75, 3.05) is 32.7 Å². The second kappa shape index (κ2) is 9.64. The largest absolute Gasteiger partial charge is 0.387 e. The Bertz CT molecular complexity index is 513. The average molecular weight is 333 g/mol. The normalized spacial score (nSPS) is 17.5. The number of hydrogen-bond donors (Lipinski definition) is 3. The number of carbonyl (C=O) groups excluding carboxylic acids is 1. The minimum atomic E-state index is -0.674. The average Bonchev–Trinajstić information content (AvgIpc) is 2.58. The van der Waals surface area contributed by atoms with Gasteiger partial charge in [-0.05, 0) is 62.9 Å². The molecule has 1 aliphatic rings. The van der Waals surface area contributed by atoms with E-state index in [1.54, 1.807) is 0 Å². The highest BCUT2D eigenvalue weighted by Crippen LogP contribution is 2.16. The smallest absolute Gasteiger partial charge is 0.314 e. The molecule has 1 unspecified atom stereocenters. The first-order valence-electron chi connectivity index (χ1n) is 9.04. The molecule has 0 aromatic heterocycles. The van der Waals surface area contributed by atoms with Crippen LogP contribution in [0.25, 0.3) is 0 Å². The lowest BCUT2D eigenvalue weighted by Gasteiger charge is -2.30. The van der Waals surface area contributed by atoms with Crippen LogP contribution < -0.4 is 10.6 Å². The van der Waals surface area contributed by atoms with Crippen LogP contribution >= 0.6 is 0 Å². The molecule has 0 aliphatic carbocycles. The summed E-state index contributed by atoms with van der Waals surface area (Å²) in [5.74, 6) is 0.852. The topological polar surface area (TPSA) is 64.6 Å². The maximum absolute atomic E-state index is 11.8. The molecule has 0 bridgehead atoms. The molecular formula is C19H31N3O2. The van der Waals surface area contributed by atoms with Crippen LogP contribution in [0.4, 0.5) is 4.79 Å². The molecule has 1 aliphatic heterocycles. The summed E-state index contributed by atoms with van der Waals surface area (Å²) >= 11 is 0. The number of carbonyl (C=O) groups is 1. The molecule has 0 spiro atoms. The third kappa shape index (κ3) is 6.13. The molecule has 0 radical (unpaired) electrons. The maximum atomic E-state index is 11.8. The fraction of sp³-hybridized carbons (Fsp3) is 0.632. The summed E-state index contributed by atoms with van der Waals surface area (Å²) in [6.45, 7) is 8.55. The van der Waals surface area contributed by atoms with Crippen LogP contribution in [-0.2, 0) is 0 Å². The van der Waals surface area contributed by atoms with E-state index in [9.17, 15) is 9.90 Å². The number of hydrogen-bond acceptors (Lipinski definition) is 3. The van der Waals surface area contributed by atoms with Crippen LogP contribution in [0.5, 0.6) is 0 Å². The van der Waals surface area contributed by atoms with Gasteiger partial charge in [0.2, 0.25) is 0 Å². The highest BCUT2D eigenvalue weighted by Gasteiger charge is 2.15. The molecular weight excluding hydrogens is 302 g/mol. The van der Waals surface area contributed by atoms with Gasteiger partial charge in [0.15, 0.2) is 0 Å². The second-order valence-electron chi connectivity index (χ2n) is 6.89. The lowest BCUT2D eigenvalue weighted by molar-refractivity contribution is 0.172. The zero-order valence-corrected chi connectivity index (χ0v) is 14.9. The van der Waals surface area contributed by atoms with Crippen LogP contribution in [0.15, 0.2) is 24.3 Å². The van der Waals surface area contributed by atoms with E-state index < -0.39 is 6.10 Å². The van der Waals surface area contributed by atoms with Crippen molar-refractivity contribution in [3.8, 4) is 0 Å². The molecule has 5 nitrogen and oxygen atoms in total. The van der Waals surface area contributed by atoms with E-state index >= 15 is 0 Å². The van der Waals surface area contributed by atoms with Crippen LogP contribution in [-0.4, -0.2) is 48.8 Å². The number of nitrogens with zero attached hydrogens (tertiary/aromatic N) is 1. The molecule has 1 fully saturated rings. The van der Waals surface area contributed by atoms with Gasteiger partial charge in [0.05, 0.1) is 6.10 Å². The molecule has 0 saturated carbocycles. The van der Waals surface area contributed by atoms with E-state index in [0.29, 0.717) is 6.54 Å². The van der Waals surface area contributed by atoms with E-state index in [-0.39, 0.29) is 12.6 Å². The van der Waals surface area contributed by atoms with Crippen molar-refractivity contribution in [3.05, 3.63) is 35.4 Å². The summed E-state index contributed by atoms with van der Waals surface area (Å²) in [4.78, 5) is 14.3. The maximum Gasteiger partial charge on any atom is 0.314 e. The molecule has 1 atom stereocenters. The van der Waals surface area contributed by atoms with Gasteiger partial charge in [0.25, 0.3) is 0 Å². The van der Waals surface area contributed by atoms with Crippen LogP contribution in [0, 0.1) is 12.8 Å². The van der Waals surface area contributed by atoms with Gasteiger partial charge in [-0.3, -0.25) is 0 Å². The van der Waals surface area contributed by atoms with Gasteiger partial charge in [-0.15, -0.1) is 0 Å². The third-order valence-corrected chi connectivity index (χ3v) is 4.82. The summed E-state index contributed by atoms with van der Waals surface area (Å²) in [7, 11) is 0. The first kappa shape index (κ1) is 18.7. The molecule has 3 N–H and O–H groups in total. The number of aliphatic hydroxyl groups is 1. The zero-order valence-electron chi connectivity index (χ0n) is 14.9. The number of likely N-dealkylation sites (tertiary alicyclic amines) is 1. The summed E-state index contributed by atoms with van der Waals surface area (Å²) in [5, 5.41) is 15.8. The van der Waals surface area contributed by atoms with Crippen molar-refractivity contribution in [1.82, 2.24) is 15.5 Å². The van der Waals surface area contributed by atoms with Crippen molar-refractivity contribution < 1.29 is 9.90 Å². The third-order valence-electron chi connectivity index (χ3n) is 4.82. The monoisotopic (exact) mass is 333 g/mol. The Morgan fingerprint density at radius 3 is 2.71 bits per heavy atom. The molecule has 1 heterocycles. The van der Waals surface area contributed by atoms with Crippen LogP contribution in [0.3, 0.4) is 0 Å². The molecule has 2 rings (SSSR count). The molecule has 5 heteroatoms. The van der Waals surface area contributed by atoms with E-state index in [0.717, 1.165) is 30.0 Å². The van der Waals surface area contributed by atoms with Crippen molar-refractivity contribution in [3.63, 3.8) is 0 Å². The van der Waals surface area contributed by atoms with E-state index in [4.69, 9.17) is 0 Å². The molecule has 1 aromatic rings. The van der Waals surface area contributed by atoms with Gasteiger partial charge in [-0.25, -0.2) is 4.79 Å². The van der Waals surface area contributed by atoms with E-state index in [2.05, 4.69) is 22.5 Å². The summed E-state index contributed by atoms with van der Waals surface area (Å²) in [5.41, 5.74) is 1.89. The molecule has 1 saturated heterocycles. The number of piperidine rings is 1. The van der Waals surface area contributed by atoms with Crippen LogP contribution in [0.1, 0.15) is 43.4 Å². The quantitative estimate of drug-likeness (QED) is 0.672. The molecule has 1 aromatic carbocycles. The number of rotatable bonds is 7. The van der Waals surface area contributed by atoms with E-state index in [1.807, 2.05) is 31.2 Å². The van der Waals surface area contributed by atoms with Crippen molar-refractivity contribution in [2.45, 2.75) is 39.2 Å². The van der Waals surface area contributed by atoms with Gasteiger partial charge < -0.3 is 20.6 Å². The van der Waals surface area contributed by atoms with Gasteiger partial charge in [0.1, 0.15) is 0 Å². The first-order chi connectivity index (χ1) is 11.6. The number of amides is 2. The second-order valence-corrected chi connectivity index (χ2v) is 6.89. The zero-order chi connectivity index (χ0) is 17.4. The molecule has 24 heavy (non-hydrogen) atoms. The summed E-state index contributed by atoms with van der Waals surface area (Å²) < 4.78 is 0. The van der Waals surface area contributed by atoms with Crippen molar-refractivity contribution >= 4 is 6.03 Å². The fourth-order valence-corrected chi connectivity index (χ4v) is 3.11. The Kier molecular flexibility index (Phi) is 7.53. The highest BCUT2D eigenvalue weighted by molar-refractivity contribution is 5.73. The van der Waals surface area contributed by atoms with Crippen LogP contribution in [0.2, 0.25) is 0 Å². The predicted octanol–water partition coefficient (Wildman–Crippen LogP) is 2.45. The number of nitrogens with one attached hydrogen (secondary N) is 2. The minimum Gasteiger partial charge on any atom is -0.387 e. The van der Waals surface area contributed by atoms with Gasteiger partial charge in [0, 0.05) is 13.1 Å². The highest BCUT2D eigenvalue weighted by atomic mass is 16.3. The first-order valence-corrected chi connectivity index (χ1v) is 9.04.